The number of pyridine rings is 1. The normalized spacial score (nSPS) is 12.4. The molecular weight excluding hydrogens is 799 g/mol. The maximum absolute atomic E-state index is 12.2. The van der Waals surface area contributed by atoms with Gasteiger partial charge in [0.25, 0.3) is 0 Å². The number of hydrogen-bond acceptors (Lipinski definition) is 6. The van der Waals surface area contributed by atoms with E-state index in [2.05, 4.69) is 68.2 Å². The molecule has 0 spiro atoms. The molecule has 0 aliphatic carbocycles. The van der Waals surface area contributed by atoms with Crippen molar-refractivity contribution in [1.82, 2.24) is 15.0 Å². The zero-order chi connectivity index (χ0) is 35.7. The van der Waals surface area contributed by atoms with Gasteiger partial charge < -0.3 is 9.52 Å². The number of benzene rings is 3. The number of rotatable bonds is 9. The van der Waals surface area contributed by atoms with Crippen molar-refractivity contribution >= 4 is 49.5 Å². The number of allylic oxidation sites excluding steroid dienone is 2. The molecule has 1 radical (unpaired) electrons. The predicted octanol–water partition coefficient (Wildman–Crippen LogP) is 11.9. The minimum Gasteiger partial charge on any atom is -0.512 e. The summed E-state index contributed by atoms with van der Waals surface area (Å²) in [5.41, 5.74) is 5.61. The Labute approximate surface area is 310 Å². The van der Waals surface area contributed by atoms with Crippen molar-refractivity contribution in [3.8, 4) is 11.3 Å². The average molecular weight is 849 g/mol. The minimum atomic E-state index is -0.337. The molecule has 0 aliphatic heterocycles. The Morgan fingerprint density at radius 2 is 1.48 bits per heavy atom. The molecule has 7 heteroatoms. The van der Waals surface area contributed by atoms with Gasteiger partial charge in [-0.1, -0.05) is 96.2 Å². The van der Waals surface area contributed by atoms with E-state index in [0.29, 0.717) is 5.71 Å². The van der Waals surface area contributed by atoms with Crippen LogP contribution in [0, 0.1) is 30.7 Å². The second kappa shape index (κ2) is 15.5. The molecule has 3 aromatic carbocycles. The molecule has 6 nitrogen and oxygen atoms in total. The van der Waals surface area contributed by atoms with Crippen LogP contribution >= 0.6 is 0 Å². The van der Waals surface area contributed by atoms with Crippen LogP contribution in [-0.4, -0.2) is 25.8 Å². The third-order valence-electron chi connectivity index (χ3n) is 10.6. The molecule has 6 rings (SSSR count). The Morgan fingerprint density at radius 3 is 2.12 bits per heavy atom. The molecule has 0 unspecified atom stereocenters. The van der Waals surface area contributed by atoms with Crippen LogP contribution in [0.25, 0.3) is 55.0 Å². The third-order valence-corrected chi connectivity index (χ3v) is 10.6. The maximum atomic E-state index is 12.2. The van der Waals surface area contributed by atoms with E-state index in [0.717, 1.165) is 81.1 Å². The van der Waals surface area contributed by atoms with Gasteiger partial charge in [0, 0.05) is 65.1 Å². The number of hydrogen-bond donors (Lipinski definition) is 1. The molecule has 265 valence electrons. The molecular formula is C43H50IrN3O3-. The number of aromatic nitrogens is 3. The van der Waals surface area contributed by atoms with Gasteiger partial charge in [-0.3, -0.25) is 9.78 Å². The van der Waals surface area contributed by atoms with E-state index in [1.54, 1.807) is 0 Å². The number of aliphatic hydroxyl groups is 1. The number of carbonyl (C=O) groups is 1. The van der Waals surface area contributed by atoms with Gasteiger partial charge >= 0.3 is 0 Å². The van der Waals surface area contributed by atoms with Crippen molar-refractivity contribution in [2.45, 2.75) is 101 Å². The first-order chi connectivity index (χ1) is 23.3. The van der Waals surface area contributed by atoms with Crippen molar-refractivity contribution in [3.63, 3.8) is 0 Å². The molecule has 0 saturated carbocycles. The zero-order valence-electron chi connectivity index (χ0n) is 31.1. The first-order valence-electron chi connectivity index (χ1n) is 17.7. The molecule has 0 amide bonds. The van der Waals surface area contributed by atoms with Gasteiger partial charge in [-0.05, 0) is 68.5 Å². The number of aliphatic hydroxyl groups excluding tert-OH is 1. The second-order valence-electron chi connectivity index (χ2n) is 14.2. The van der Waals surface area contributed by atoms with E-state index in [1.807, 2.05) is 66.7 Å². The molecule has 0 bridgehead atoms. The monoisotopic (exact) mass is 849 g/mol. The molecule has 3 heterocycles. The standard InChI is InChI=1S/C28H22N3O.C15H28O2.Ir/c1-15(2)27-30-24(21-13-11-18-10-8-16(3)14-23(18)25(21)31-27)22-7-5-6-19-20-12-9-17(4)29-28(20)32-26(19)22;1-7-14(5,8-2)12(16)11-13(17)15(6,9-3)10-4;/h5-6,8-15H,1-4H3;11,16H,7-10H2,1-6H3;/q-1;;/b;12-11-;. The van der Waals surface area contributed by atoms with Gasteiger partial charge in [-0.25, -0.2) is 9.97 Å². The molecule has 0 fully saturated rings. The summed E-state index contributed by atoms with van der Waals surface area (Å²) in [7, 11) is 0. The Kier molecular flexibility index (Phi) is 12.1. The third kappa shape index (κ3) is 7.40. The Balaban J connectivity index is 0.000000269. The molecule has 1 N–H and O–H groups in total. The average Bonchev–Trinajstić information content (AvgIpc) is 3.48. The first-order valence-corrected chi connectivity index (χ1v) is 17.7. The number of carbonyl (C=O) groups excluding carboxylic acids is 1. The molecule has 3 aromatic heterocycles. The van der Waals surface area contributed by atoms with Crippen LogP contribution in [0.4, 0.5) is 0 Å². The number of aryl methyl sites for hydroxylation is 2. The topological polar surface area (TPSA) is 89.1 Å². The van der Waals surface area contributed by atoms with Crippen LogP contribution in [0.1, 0.15) is 104 Å². The number of furan rings is 1. The van der Waals surface area contributed by atoms with Crippen LogP contribution in [-0.2, 0) is 24.9 Å². The van der Waals surface area contributed by atoms with Crippen molar-refractivity contribution in [1.29, 1.82) is 0 Å². The largest absolute Gasteiger partial charge is 0.512 e. The van der Waals surface area contributed by atoms with Crippen LogP contribution in [0.5, 0.6) is 0 Å². The van der Waals surface area contributed by atoms with Gasteiger partial charge in [0.2, 0.25) is 5.71 Å². The van der Waals surface area contributed by atoms with Crippen molar-refractivity contribution in [2.24, 2.45) is 10.8 Å². The Bertz CT molecular complexity index is 2190. The molecule has 0 aliphatic rings. The summed E-state index contributed by atoms with van der Waals surface area (Å²) < 4.78 is 6.27. The summed E-state index contributed by atoms with van der Waals surface area (Å²) in [6, 6.07) is 22.2. The molecule has 6 aromatic rings. The van der Waals surface area contributed by atoms with Crippen molar-refractivity contribution < 1.29 is 34.4 Å². The van der Waals surface area contributed by atoms with Gasteiger partial charge in [0.05, 0.1) is 11.1 Å². The fourth-order valence-electron chi connectivity index (χ4n) is 6.07. The van der Waals surface area contributed by atoms with Crippen LogP contribution < -0.4 is 0 Å². The van der Waals surface area contributed by atoms with Crippen molar-refractivity contribution in [2.75, 3.05) is 0 Å². The zero-order valence-corrected chi connectivity index (χ0v) is 33.5. The summed E-state index contributed by atoms with van der Waals surface area (Å²) in [4.78, 5) is 26.8. The van der Waals surface area contributed by atoms with E-state index in [9.17, 15) is 9.90 Å². The van der Waals surface area contributed by atoms with E-state index >= 15 is 0 Å². The number of ketones is 1. The first kappa shape index (κ1) is 38.9. The fourth-order valence-corrected chi connectivity index (χ4v) is 6.07. The Hall–Kier alpha value is -3.93. The van der Waals surface area contributed by atoms with Gasteiger partial charge in [-0.15, -0.1) is 18.2 Å². The summed E-state index contributed by atoms with van der Waals surface area (Å²) in [5.74, 6) is 1.29. The smallest absolute Gasteiger partial charge is 0.216 e. The number of fused-ring (bicyclic) bond motifs is 6. The van der Waals surface area contributed by atoms with E-state index in [4.69, 9.17) is 14.4 Å². The van der Waals surface area contributed by atoms with Crippen molar-refractivity contribution in [3.05, 3.63) is 89.6 Å². The number of nitrogens with zero attached hydrogens (tertiary/aromatic N) is 3. The second-order valence-corrected chi connectivity index (χ2v) is 14.2. The summed E-state index contributed by atoms with van der Waals surface area (Å²) in [6.07, 6.45) is 4.75. The summed E-state index contributed by atoms with van der Waals surface area (Å²) in [5, 5.41) is 15.5. The van der Waals surface area contributed by atoms with Crippen LogP contribution in [0.15, 0.2) is 70.8 Å². The maximum Gasteiger partial charge on any atom is 0.216 e. The molecule has 0 atom stereocenters. The Morgan fingerprint density at radius 1 is 0.840 bits per heavy atom. The predicted molar refractivity (Wildman–Crippen MR) is 203 cm³/mol. The summed E-state index contributed by atoms with van der Waals surface area (Å²) in [6.45, 7) is 20.4. The van der Waals surface area contributed by atoms with Gasteiger partial charge in [0.15, 0.2) is 5.78 Å². The quantitative estimate of drug-likeness (QED) is 0.0675. The summed E-state index contributed by atoms with van der Waals surface area (Å²) >= 11 is 0. The molecule has 50 heavy (non-hydrogen) atoms. The van der Waals surface area contributed by atoms with Crippen LogP contribution in [0.2, 0.25) is 0 Å². The van der Waals surface area contributed by atoms with Crippen LogP contribution in [0.3, 0.4) is 0 Å². The van der Waals surface area contributed by atoms with Gasteiger partial charge in [0.1, 0.15) is 11.6 Å². The van der Waals surface area contributed by atoms with Gasteiger partial charge in [-0.2, -0.15) is 0 Å². The molecule has 0 saturated heterocycles. The van der Waals surface area contributed by atoms with E-state index in [-0.39, 0.29) is 48.4 Å². The minimum absolute atomic E-state index is 0. The van der Waals surface area contributed by atoms with E-state index in [1.165, 1.54) is 17.0 Å². The SMILES string of the molecule is CCC(C)(CC)C(=O)/C=C(\O)C(C)(CC)CC.Cc1ccc2ccc3c(-c4[c-]ccc5c4oc4nc(C)ccc45)nc(C(C)C)nc3c2c1.[Ir]. The van der Waals surface area contributed by atoms with E-state index < -0.39 is 0 Å². The fraction of sp³-hybridized carbons (Fsp3) is 0.395.